The van der Waals surface area contributed by atoms with Gasteiger partial charge in [-0.05, 0) is 54.1 Å². The summed E-state index contributed by atoms with van der Waals surface area (Å²) in [6, 6.07) is 13.6. The van der Waals surface area contributed by atoms with Crippen molar-refractivity contribution in [2.24, 2.45) is 0 Å². The van der Waals surface area contributed by atoms with E-state index in [-0.39, 0.29) is 9.10 Å². The van der Waals surface area contributed by atoms with Gasteiger partial charge in [0, 0.05) is 22.2 Å². The number of halogens is 4. The van der Waals surface area contributed by atoms with Gasteiger partial charge in [0.2, 0.25) is 9.84 Å². The zero-order valence-electron chi connectivity index (χ0n) is 14.4. The Morgan fingerprint density at radius 3 is 2.21 bits per heavy atom. The summed E-state index contributed by atoms with van der Waals surface area (Å²) in [5.41, 5.74) is 0.168. The average molecular weight is 454 g/mol. The molecular formula is C20H11ClF3NO2S2. The molecule has 2 aromatic heterocycles. The highest BCUT2D eigenvalue weighted by Gasteiger charge is 2.32. The summed E-state index contributed by atoms with van der Waals surface area (Å²) in [7, 11) is -4.07. The van der Waals surface area contributed by atoms with E-state index in [0.29, 0.717) is 26.4 Å². The SMILES string of the molecule is O=S(=O)(c1ccc(C(F)(F)F)cc1)c1sc2ncccc2c1-c1ccc(Cl)cc1. The van der Waals surface area contributed by atoms with Crippen LogP contribution in [0.4, 0.5) is 13.2 Å². The van der Waals surface area contributed by atoms with Gasteiger partial charge in [-0.1, -0.05) is 23.7 Å². The molecule has 29 heavy (non-hydrogen) atoms. The summed E-state index contributed by atoms with van der Waals surface area (Å²) < 4.78 is 65.1. The number of aromatic nitrogens is 1. The highest BCUT2D eigenvalue weighted by Crippen LogP contribution is 2.43. The Bertz CT molecular complexity index is 1300. The maximum Gasteiger partial charge on any atom is 0.416 e. The molecule has 148 valence electrons. The predicted molar refractivity (Wildman–Crippen MR) is 107 cm³/mol. The molecule has 0 saturated carbocycles. The standard InChI is InChI=1S/C20H11ClF3NO2S2/c21-14-7-3-12(4-8-14)17-16-2-1-11-25-18(16)28-19(17)29(26,27)15-9-5-13(6-10-15)20(22,23)24/h1-11H. The largest absolute Gasteiger partial charge is 0.416 e. The van der Waals surface area contributed by atoms with E-state index >= 15 is 0 Å². The van der Waals surface area contributed by atoms with Crippen molar-refractivity contribution in [3.63, 3.8) is 0 Å². The van der Waals surface area contributed by atoms with Crippen LogP contribution in [0.1, 0.15) is 5.56 Å². The molecule has 0 bridgehead atoms. The maximum absolute atomic E-state index is 13.3. The highest BCUT2D eigenvalue weighted by atomic mass is 35.5. The molecular weight excluding hydrogens is 443 g/mol. The van der Waals surface area contributed by atoms with Crippen molar-refractivity contribution in [2.75, 3.05) is 0 Å². The zero-order chi connectivity index (χ0) is 20.8. The van der Waals surface area contributed by atoms with Crippen LogP contribution in [-0.2, 0) is 16.0 Å². The molecule has 4 rings (SSSR count). The normalized spacial score (nSPS) is 12.4. The Labute approximate surface area is 173 Å². The molecule has 0 amide bonds. The van der Waals surface area contributed by atoms with Crippen molar-refractivity contribution in [1.82, 2.24) is 4.98 Å². The number of hydrogen-bond acceptors (Lipinski definition) is 4. The molecule has 2 aromatic carbocycles. The summed E-state index contributed by atoms with van der Waals surface area (Å²) in [5.74, 6) is 0. The fourth-order valence-corrected chi connectivity index (χ4v) is 6.11. The second-order valence-electron chi connectivity index (χ2n) is 6.15. The minimum atomic E-state index is -4.54. The van der Waals surface area contributed by atoms with Gasteiger partial charge in [0.1, 0.15) is 9.04 Å². The van der Waals surface area contributed by atoms with Crippen LogP contribution in [0, 0.1) is 0 Å². The van der Waals surface area contributed by atoms with Gasteiger partial charge in [-0.25, -0.2) is 13.4 Å². The van der Waals surface area contributed by atoms with E-state index in [9.17, 15) is 21.6 Å². The van der Waals surface area contributed by atoms with E-state index in [0.717, 1.165) is 35.6 Å². The second kappa shape index (κ2) is 7.12. The van der Waals surface area contributed by atoms with Crippen LogP contribution in [0.2, 0.25) is 5.02 Å². The number of pyridine rings is 1. The molecule has 0 aliphatic heterocycles. The van der Waals surface area contributed by atoms with Crippen molar-refractivity contribution in [2.45, 2.75) is 15.3 Å². The van der Waals surface area contributed by atoms with Gasteiger partial charge in [-0.2, -0.15) is 13.2 Å². The number of nitrogens with zero attached hydrogens (tertiary/aromatic N) is 1. The molecule has 0 unspecified atom stereocenters. The Hall–Kier alpha value is -2.42. The first-order valence-corrected chi connectivity index (χ1v) is 10.9. The van der Waals surface area contributed by atoms with Crippen molar-refractivity contribution >= 4 is 43.0 Å². The smallest absolute Gasteiger partial charge is 0.245 e. The fraction of sp³-hybridized carbons (Fsp3) is 0.0500. The Kier molecular flexibility index (Phi) is 4.88. The summed E-state index contributed by atoms with van der Waals surface area (Å²) in [6.45, 7) is 0. The minimum Gasteiger partial charge on any atom is -0.245 e. The van der Waals surface area contributed by atoms with Crippen molar-refractivity contribution < 1.29 is 21.6 Å². The van der Waals surface area contributed by atoms with Crippen LogP contribution in [0.3, 0.4) is 0 Å². The monoisotopic (exact) mass is 453 g/mol. The van der Waals surface area contributed by atoms with Crippen molar-refractivity contribution in [1.29, 1.82) is 0 Å². The van der Waals surface area contributed by atoms with E-state index < -0.39 is 21.6 Å². The summed E-state index contributed by atoms with van der Waals surface area (Å²) in [5, 5.41) is 1.14. The third kappa shape index (κ3) is 3.63. The number of thiophene rings is 1. The molecule has 0 N–H and O–H groups in total. The molecule has 0 spiro atoms. The van der Waals surface area contributed by atoms with Gasteiger partial charge in [0.15, 0.2) is 0 Å². The molecule has 0 aliphatic carbocycles. The lowest BCUT2D eigenvalue weighted by Crippen LogP contribution is -2.06. The second-order valence-corrected chi connectivity index (χ2v) is 9.73. The van der Waals surface area contributed by atoms with Crippen LogP contribution in [-0.4, -0.2) is 13.4 Å². The van der Waals surface area contributed by atoms with Crippen LogP contribution in [0.15, 0.2) is 76.0 Å². The fourth-order valence-electron chi connectivity index (χ4n) is 2.92. The minimum absolute atomic E-state index is 0.0216. The van der Waals surface area contributed by atoms with Crippen LogP contribution in [0.5, 0.6) is 0 Å². The molecule has 0 radical (unpaired) electrons. The molecule has 9 heteroatoms. The number of sulfone groups is 1. The van der Waals surface area contributed by atoms with Gasteiger partial charge in [0.25, 0.3) is 0 Å². The number of fused-ring (bicyclic) bond motifs is 1. The molecule has 3 nitrogen and oxygen atoms in total. The third-order valence-corrected chi connectivity index (χ3v) is 7.96. The molecule has 0 fully saturated rings. The number of benzene rings is 2. The number of alkyl halides is 3. The van der Waals surface area contributed by atoms with E-state index in [4.69, 9.17) is 11.6 Å². The van der Waals surface area contributed by atoms with Crippen LogP contribution < -0.4 is 0 Å². The predicted octanol–water partition coefficient (Wildman–Crippen LogP) is 6.47. The van der Waals surface area contributed by atoms with E-state index in [1.54, 1.807) is 42.6 Å². The van der Waals surface area contributed by atoms with Crippen LogP contribution >= 0.6 is 22.9 Å². The summed E-state index contributed by atoms with van der Waals surface area (Å²) in [6.07, 6.45) is -2.99. The topological polar surface area (TPSA) is 47.0 Å². The highest BCUT2D eigenvalue weighted by molar-refractivity contribution is 7.93. The Morgan fingerprint density at radius 2 is 1.59 bits per heavy atom. The molecule has 0 atom stereocenters. The van der Waals surface area contributed by atoms with Gasteiger partial charge in [-0.15, -0.1) is 11.3 Å². The quantitative estimate of drug-likeness (QED) is 0.357. The van der Waals surface area contributed by atoms with Crippen molar-refractivity contribution in [3.8, 4) is 11.1 Å². The Balaban J connectivity index is 1.93. The van der Waals surface area contributed by atoms with Gasteiger partial charge >= 0.3 is 6.18 Å². The van der Waals surface area contributed by atoms with Gasteiger partial charge < -0.3 is 0 Å². The lowest BCUT2D eigenvalue weighted by Gasteiger charge is -2.09. The molecule has 0 aliphatic rings. The third-order valence-electron chi connectivity index (χ3n) is 4.30. The first-order chi connectivity index (χ1) is 13.7. The number of rotatable bonds is 3. The van der Waals surface area contributed by atoms with E-state index in [1.165, 1.54) is 0 Å². The van der Waals surface area contributed by atoms with Gasteiger partial charge in [0.05, 0.1) is 10.5 Å². The summed E-state index contributed by atoms with van der Waals surface area (Å²) in [4.78, 5) is 4.54. The van der Waals surface area contributed by atoms with Crippen LogP contribution in [0.25, 0.3) is 21.3 Å². The molecule has 4 aromatic rings. The molecule has 2 heterocycles. The van der Waals surface area contributed by atoms with Gasteiger partial charge in [-0.3, -0.25) is 0 Å². The maximum atomic E-state index is 13.3. The lowest BCUT2D eigenvalue weighted by molar-refractivity contribution is -0.137. The Morgan fingerprint density at radius 1 is 0.931 bits per heavy atom. The van der Waals surface area contributed by atoms with Crippen molar-refractivity contribution in [3.05, 3.63) is 77.4 Å². The van der Waals surface area contributed by atoms with E-state index in [1.807, 2.05) is 0 Å². The summed E-state index contributed by atoms with van der Waals surface area (Å²) >= 11 is 6.93. The number of hydrogen-bond donors (Lipinski definition) is 0. The van der Waals surface area contributed by atoms with E-state index in [2.05, 4.69) is 4.98 Å². The first-order valence-electron chi connectivity index (χ1n) is 8.24. The first kappa shape index (κ1) is 19.9. The lowest BCUT2D eigenvalue weighted by atomic mass is 10.1. The molecule has 0 saturated heterocycles. The average Bonchev–Trinajstić information content (AvgIpc) is 3.08. The zero-order valence-corrected chi connectivity index (χ0v) is 16.8.